The first-order valence-corrected chi connectivity index (χ1v) is 10.1. The fourth-order valence-electron chi connectivity index (χ4n) is 3.41. The van der Waals surface area contributed by atoms with Crippen LogP contribution in [0.25, 0.3) is 0 Å². The highest BCUT2D eigenvalue weighted by molar-refractivity contribution is 5.93. The van der Waals surface area contributed by atoms with Crippen LogP contribution in [0, 0.1) is 19.8 Å². The highest BCUT2D eigenvalue weighted by Crippen LogP contribution is 2.19. The molecule has 1 saturated heterocycles. The smallest absolute Gasteiger partial charge is 0.272 e. The molecule has 6 heteroatoms. The first-order valence-electron chi connectivity index (χ1n) is 10.1. The summed E-state index contributed by atoms with van der Waals surface area (Å²) in [5, 5.41) is 3.32. The summed E-state index contributed by atoms with van der Waals surface area (Å²) in [6, 6.07) is 10.3. The standard InChI is InChI=1S/C22H31N5O/c1-16(2)8-9-23-21-15-20(24-18(4)25-21)22(28)27-12-10-26(11-13-27)19-7-5-6-17(3)14-19/h5-7,14-16H,8-13H2,1-4H3,(H,23,24,25). The summed E-state index contributed by atoms with van der Waals surface area (Å²) < 4.78 is 0. The van der Waals surface area contributed by atoms with Crippen molar-refractivity contribution in [3.63, 3.8) is 0 Å². The van der Waals surface area contributed by atoms with Gasteiger partial charge in [-0.2, -0.15) is 0 Å². The second-order valence-electron chi connectivity index (χ2n) is 7.91. The third-order valence-corrected chi connectivity index (χ3v) is 5.02. The summed E-state index contributed by atoms with van der Waals surface area (Å²) in [5.74, 6) is 1.97. The van der Waals surface area contributed by atoms with Gasteiger partial charge in [0.2, 0.25) is 0 Å². The van der Waals surface area contributed by atoms with Crippen LogP contribution in [0.1, 0.15) is 42.1 Å². The van der Waals surface area contributed by atoms with Crippen molar-refractivity contribution in [2.24, 2.45) is 5.92 Å². The molecule has 0 aliphatic carbocycles. The Kier molecular flexibility index (Phi) is 6.49. The second kappa shape index (κ2) is 9.04. The van der Waals surface area contributed by atoms with E-state index in [4.69, 9.17) is 0 Å². The third kappa shape index (κ3) is 5.21. The molecule has 1 aromatic heterocycles. The number of nitrogens with zero attached hydrogens (tertiary/aromatic N) is 4. The zero-order valence-electron chi connectivity index (χ0n) is 17.4. The molecule has 1 N–H and O–H groups in total. The number of piperazine rings is 1. The molecule has 3 rings (SSSR count). The number of anilines is 2. The van der Waals surface area contributed by atoms with E-state index in [1.54, 1.807) is 6.07 Å². The Morgan fingerprint density at radius 1 is 1.11 bits per heavy atom. The lowest BCUT2D eigenvalue weighted by Crippen LogP contribution is -2.49. The van der Waals surface area contributed by atoms with Crippen LogP contribution in [0.3, 0.4) is 0 Å². The third-order valence-electron chi connectivity index (χ3n) is 5.02. The minimum atomic E-state index is -0.0127. The number of aryl methyl sites for hydroxylation is 2. The number of rotatable bonds is 6. The van der Waals surface area contributed by atoms with Crippen molar-refractivity contribution in [2.75, 3.05) is 42.9 Å². The molecule has 0 spiro atoms. The van der Waals surface area contributed by atoms with E-state index in [2.05, 4.69) is 65.2 Å². The van der Waals surface area contributed by atoms with E-state index in [0.717, 1.165) is 31.9 Å². The Morgan fingerprint density at radius 2 is 1.86 bits per heavy atom. The average molecular weight is 382 g/mol. The number of carbonyl (C=O) groups excluding carboxylic acids is 1. The molecule has 1 aliphatic heterocycles. The average Bonchev–Trinajstić information content (AvgIpc) is 2.67. The lowest BCUT2D eigenvalue weighted by molar-refractivity contribution is 0.0740. The number of hydrogen-bond donors (Lipinski definition) is 1. The zero-order valence-corrected chi connectivity index (χ0v) is 17.4. The Balaban J connectivity index is 1.62. The summed E-state index contributed by atoms with van der Waals surface area (Å²) in [7, 11) is 0. The number of amides is 1. The van der Waals surface area contributed by atoms with Gasteiger partial charge in [0.1, 0.15) is 17.3 Å². The van der Waals surface area contributed by atoms with Gasteiger partial charge in [0, 0.05) is 44.5 Å². The van der Waals surface area contributed by atoms with Gasteiger partial charge in [0.15, 0.2) is 0 Å². The molecule has 1 amide bonds. The Morgan fingerprint density at radius 3 is 2.54 bits per heavy atom. The van der Waals surface area contributed by atoms with Gasteiger partial charge in [-0.25, -0.2) is 9.97 Å². The molecular formula is C22H31N5O. The molecular weight excluding hydrogens is 350 g/mol. The van der Waals surface area contributed by atoms with Crippen LogP contribution in [-0.2, 0) is 0 Å². The van der Waals surface area contributed by atoms with Gasteiger partial charge >= 0.3 is 0 Å². The van der Waals surface area contributed by atoms with Crippen LogP contribution in [0.5, 0.6) is 0 Å². The molecule has 2 heterocycles. The van der Waals surface area contributed by atoms with Crippen molar-refractivity contribution in [1.29, 1.82) is 0 Å². The molecule has 150 valence electrons. The minimum Gasteiger partial charge on any atom is -0.370 e. The van der Waals surface area contributed by atoms with Crippen molar-refractivity contribution >= 4 is 17.4 Å². The van der Waals surface area contributed by atoms with Crippen molar-refractivity contribution in [3.05, 3.63) is 47.4 Å². The predicted molar refractivity (Wildman–Crippen MR) is 114 cm³/mol. The number of aromatic nitrogens is 2. The van der Waals surface area contributed by atoms with Crippen molar-refractivity contribution < 1.29 is 4.79 Å². The van der Waals surface area contributed by atoms with Gasteiger partial charge in [-0.15, -0.1) is 0 Å². The highest BCUT2D eigenvalue weighted by atomic mass is 16.2. The van der Waals surface area contributed by atoms with E-state index >= 15 is 0 Å². The number of nitrogens with one attached hydrogen (secondary N) is 1. The fraction of sp³-hybridized carbons (Fsp3) is 0.500. The fourth-order valence-corrected chi connectivity index (χ4v) is 3.41. The van der Waals surface area contributed by atoms with Crippen LogP contribution < -0.4 is 10.2 Å². The molecule has 6 nitrogen and oxygen atoms in total. The molecule has 0 unspecified atom stereocenters. The van der Waals surface area contributed by atoms with Gasteiger partial charge in [-0.05, 0) is 43.9 Å². The number of benzene rings is 1. The number of carbonyl (C=O) groups is 1. The van der Waals surface area contributed by atoms with Gasteiger partial charge in [0.25, 0.3) is 5.91 Å². The van der Waals surface area contributed by atoms with Crippen LogP contribution in [0.2, 0.25) is 0 Å². The van der Waals surface area contributed by atoms with Gasteiger partial charge in [-0.1, -0.05) is 26.0 Å². The van der Waals surface area contributed by atoms with Crippen LogP contribution in [0.4, 0.5) is 11.5 Å². The normalized spacial score (nSPS) is 14.5. The van der Waals surface area contributed by atoms with E-state index in [-0.39, 0.29) is 5.91 Å². The zero-order chi connectivity index (χ0) is 20.1. The quantitative estimate of drug-likeness (QED) is 0.830. The maximum absolute atomic E-state index is 13.0. The molecule has 0 atom stereocenters. The van der Waals surface area contributed by atoms with Crippen molar-refractivity contribution in [3.8, 4) is 0 Å². The Labute approximate surface area is 168 Å². The first-order chi connectivity index (χ1) is 13.4. The monoisotopic (exact) mass is 381 g/mol. The van der Waals surface area contributed by atoms with E-state index in [1.165, 1.54) is 11.3 Å². The van der Waals surface area contributed by atoms with E-state index in [9.17, 15) is 4.79 Å². The molecule has 1 aromatic carbocycles. The summed E-state index contributed by atoms with van der Waals surface area (Å²) >= 11 is 0. The molecule has 0 saturated carbocycles. The lowest BCUT2D eigenvalue weighted by atomic mass is 10.1. The summed E-state index contributed by atoms with van der Waals surface area (Å²) in [5.41, 5.74) is 2.95. The van der Waals surface area contributed by atoms with Crippen molar-refractivity contribution in [2.45, 2.75) is 34.1 Å². The van der Waals surface area contributed by atoms with E-state index in [0.29, 0.717) is 30.5 Å². The number of hydrogen-bond acceptors (Lipinski definition) is 5. The SMILES string of the molecule is Cc1cccc(N2CCN(C(=O)c3cc(NCCC(C)C)nc(C)n3)CC2)c1. The molecule has 0 radical (unpaired) electrons. The maximum Gasteiger partial charge on any atom is 0.272 e. The molecule has 2 aromatic rings. The molecule has 28 heavy (non-hydrogen) atoms. The van der Waals surface area contributed by atoms with Gasteiger partial charge < -0.3 is 15.1 Å². The Bertz CT molecular complexity index is 812. The van der Waals surface area contributed by atoms with Crippen LogP contribution in [-0.4, -0.2) is 53.5 Å². The molecule has 0 bridgehead atoms. The molecule has 1 fully saturated rings. The largest absolute Gasteiger partial charge is 0.370 e. The first kappa shape index (κ1) is 20.1. The van der Waals surface area contributed by atoms with Crippen molar-refractivity contribution in [1.82, 2.24) is 14.9 Å². The second-order valence-corrected chi connectivity index (χ2v) is 7.91. The van der Waals surface area contributed by atoms with Gasteiger partial charge in [-0.3, -0.25) is 4.79 Å². The summed E-state index contributed by atoms with van der Waals surface area (Å²) in [6.07, 6.45) is 1.06. The van der Waals surface area contributed by atoms with Crippen LogP contribution >= 0.6 is 0 Å². The van der Waals surface area contributed by atoms with E-state index in [1.807, 2.05) is 11.8 Å². The summed E-state index contributed by atoms with van der Waals surface area (Å²) in [6.45, 7) is 12.2. The minimum absolute atomic E-state index is 0.0127. The topological polar surface area (TPSA) is 61.4 Å². The highest BCUT2D eigenvalue weighted by Gasteiger charge is 2.24. The van der Waals surface area contributed by atoms with E-state index < -0.39 is 0 Å². The molecule has 1 aliphatic rings. The summed E-state index contributed by atoms with van der Waals surface area (Å²) in [4.78, 5) is 26.0. The maximum atomic E-state index is 13.0. The Hall–Kier alpha value is -2.63. The lowest BCUT2D eigenvalue weighted by Gasteiger charge is -2.36. The van der Waals surface area contributed by atoms with Gasteiger partial charge in [0.05, 0.1) is 0 Å². The van der Waals surface area contributed by atoms with Crippen LogP contribution in [0.15, 0.2) is 30.3 Å². The predicted octanol–water partition coefficient (Wildman–Crippen LogP) is 3.51.